The number of carbonyl (C=O) groups is 2. The Bertz CT molecular complexity index is 1110. The molecule has 1 aliphatic rings. The zero-order valence-corrected chi connectivity index (χ0v) is 17.7. The van der Waals surface area contributed by atoms with Gasteiger partial charge in [0.05, 0.1) is 17.8 Å². The zero-order valence-electron chi connectivity index (χ0n) is 16.8. The SMILES string of the molecule is Cc1nc(N2CCN(Cc3ccc(C(F)(F)F)cc3)C2=O)sc1C(=O)NCc1ccon1. The van der Waals surface area contributed by atoms with Gasteiger partial charge in [0.1, 0.15) is 16.8 Å². The molecule has 168 valence electrons. The molecule has 12 heteroatoms. The number of hydrogen-bond acceptors (Lipinski definition) is 6. The van der Waals surface area contributed by atoms with Crippen molar-refractivity contribution in [2.45, 2.75) is 26.2 Å². The Kier molecular flexibility index (Phi) is 5.87. The van der Waals surface area contributed by atoms with E-state index in [2.05, 4.69) is 15.5 Å². The van der Waals surface area contributed by atoms with Gasteiger partial charge in [-0.3, -0.25) is 9.69 Å². The van der Waals surface area contributed by atoms with Crippen LogP contribution in [0.3, 0.4) is 0 Å². The van der Waals surface area contributed by atoms with E-state index in [0.29, 0.717) is 40.0 Å². The van der Waals surface area contributed by atoms with Crippen LogP contribution >= 0.6 is 11.3 Å². The minimum Gasteiger partial charge on any atom is -0.364 e. The fraction of sp³-hybridized carbons (Fsp3) is 0.300. The number of urea groups is 1. The Morgan fingerprint density at radius 2 is 1.97 bits per heavy atom. The average Bonchev–Trinajstić information content (AvgIpc) is 3.47. The summed E-state index contributed by atoms with van der Waals surface area (Å²) >= 11 is 1.11. The van der Waals surface area contributed by atoms with Gasteiger partial charge in [-0.05, 0) is 24.6 Å². The third-order valence-corrected chi connectivity index (χ3v) is 6.07. The van der Waals surface area contributed by atoms with Crippen molar-refractivity contribution in [2.75, 3.05) is 18.0 Å². The van der Waals surface area contributed by atoms with Crippen LogP contribution in [0.5, 0.6) is 0 Å². The van der Waals surface area contributed by atoms with Gasteiger partial charge in [-0.2, -0.15) is 13.2 Å². The Morgan fingerprint density at radius 3 is 2.62 bits per heavy atom. The molecule has 0 aliphatic carbocycles. The van der Waals surface area contributed by atoms with Crippen molar-refractivity contribution in [3.8, 4) is 0 Å². The van der Waals surface area contributed by atoms with Crippen LogP contribution < -0.4 is 10.2 Å². The Balaban J connectivity index is 1.40. The van der Waals surface area contributed by atoms with E-state index in [1.54, 1.807) is 13.0 Å². The monoisotopic (exact) mass is 465 g/mol. The van der Waals surface area contributed by atoms with Gasteiger partial charge in [-0.15, -0.1) is 0 Å². The van der Waals surface area contributed by atoms with Crippen LogP contribution in [0, 0.1) is 6.92 Å². The van der Waals surface area contributed by atoms with Gasteiger partial charge in [0.25, 0.3) is 5.91 Å². The molecular formula is C20H18F3N5O3S. The van der Waals surface area contributed by atoms with Crippen molar-refractivity contribution in [2.24, 2.45) is 0 Å². The molecule has 1 saturated heterocycles. The molecule has 1 N–H and O–H groups in total. The number of thiazole rings is 1. The van der Waals surface area contributed by atoms with Crippen molar-refractivity contribution in [1.82, 2.24) is 20.4 Å². The maximum Gasteiger partial charge on any atom is 0.416 e. The topological polar surface area (TPSA) is 91.6 Å². The second kappa shape index (κ2) is 8.61. The van der Waals surface area contributed by atoms with E-state index < -0.39 is 11.7 Å². The van der Waals surface area contributed by atoms with Crippen LogP contribution in [0.2, 0.25) is 0 Å². The highest BCUT2D eigenvalue weighted by atomic mass is 32.1. The first-order valence-corrected chi connectivity index (χ1v) is 10.4. The summed E-state index contributed by atoms with van der Waals surface area (Å²) in [5.74, 6) is -0.331. The number of alkyl halides is 3. The summed E-state index contributed by atoms with van der Waals surface area (Å²) < 4.78 is 42.9. The van der Waals surface area contributed by atoms with Gasteiger partial charge in [0.15, 0.2) is 5.13 Å². The molecule has 1 aliphatic heterocycles. The molecule has 8 nitrogen and oxygen atoms in total. The minimum absolute atomic E-state index is 0.183. The number of amides is 3. The normalized spacial score (nSPS) is 14.3. The van der Waals surface area contributed by atoms with E-state index in [-0.39, 0.29) is 25.0 Å². The number of benzene rings is 1. The lowest BCUT2D eigenvalue weighted by atomic mass is 10.1. The molecule has 3 amide bonds. The third kappa shape index (κ3) is 4.59. The number of hydrogen-bond donors (Lipinski definition) is 1. The molecule has 1 fully saturated rings. The van der Waals surface area contributed by atoms with E-state index in [0.717, 1.165) is 23.5 Å². The fourth-order valence-corrected chi connectivity index (χ4v) is 4.22. The number of nitrogens with zero attached hydrogens (tertiary/aromatic N) is 4. The highest BCUT2D eigenvalue weighted by molar-refractivity contribution is 7.17. The van der Waals surface area contributed by atoms with Gasteiger partial charge >= 0.3 is 12.2 Å². The van der Waals surface area contributed by atoms with Gasteiger partial charge < -0.3 is 14.7 Å². The van der Waals surface area contributed by atoms with Crippen LogP contribution in [0.25, 0.3) is 0 Å². The Hall–Kier alpha value is -3.41. The van der Waals surface area contributed by atoms with E-state index in [4.69, 9.17) is 4.52 Å². The summed E-state index contributed by atoms with van der Waals surface area (Å²) in [5.41, 5.74) is 0.936. The first-order valence-electron chi connectivity index (χ1n) is 9.60. The van der Waals surface area contributed by atoms with Gasteiger partial charge in [0.2, 0.25) is 0 Å². The largest absolute Gasteiger partial charge is 0.416 e. The summed E-state index contributed by atoms with van der Waals surface area (Å²) in [6, 6.07) is 6.06. The minimum atomic E-state index is -4.40. The first-order chi connectivity index (χ1) is 15.2. The lowest BCUT2D eigenvalue weighted by Crippen LogP contribution is -2.31. The molecule has 0 unspecified atom stereocenters. The van der Waals surface area contributed by atoms with Crippen molar-refractivity contribution >= 4 is 28.4 Å². The van der Waals surface area contributed by atoms with E-state index >= 15 is 0 Å². The molecule has 3 aromatic rings. The van der Waals surface area contributed by atoms with Gasteiger partial charge in [-0.25, -0.2) is 9.78 Å². The number of halogens is 3. The van der Waals surface area contributed by atoms with E-state index in [9.17, 15) is 22.8 Å². The second-order valence-corrected chi connectivity index (χ2v) is 8.11. The lowest BCUT2D eigenvalue weighted by Gasteiger charge is -2.17. The Morgan fingerprint density at radius 1 is 1.22 bits per heavy atom. The number of nitrogens with one attached hydrogen (secondary N) is 1. The molecule has 0 bridgehead atoms. The quantitative estimate of drug-likeness (QED) is 0.598. The average molecular weight is 465 g/mol. The maximum atomic E-state index is 12.8. The summed E-state index contributed by atoms with van der Waals surface area (Å²) in [7, 11) is 0. The number of aromatic nitrogens is 2. The smallest absolute Gasteiger partial charge is 0.364 e. The highest BCUT2D eigenvalue weighted by Crippen LogP contribution is 2.31. The zero-order chi connectivity index (χ0) is 22.9. The van der Waals surface area contributed by atoms with Crippen LogP contribution in [0.4, 0.5) is 23.1 Å². The maximum absolute atomic E-state index is 12.8. The molecule has 0 radical (unpaired) electrons. The van der Waals surface area contributed by atoms with E-state index in [1.165, 1.54) is 28.2 Å². The first kappa shape index (κ1) is 21.8. The molecule has 32 heavy (non-hydrogen) atoms. The van der Waals surface area contributed by atoms with E-state index in [1.807, 2.05) is 0 Å². The Labute approximate surface area is 184 Å². The fourth-order valence-electron chi connectivity index (χ4n) is 3.21. The van der Waals surface area contributed by atoms with Crippen LogP contribution in [-0.2, 0) is 19.3 Å². The van der Waals surface area contributed by atoms with Crippen molar-refractivity contribution in [3.05, 3.63) is 64.0 Å². The van der Waals surface area contributed by atoms with Crippen molar-refractivity contribution in [1.29, 1.82) is 0 Å². The second-order valence-electron chi connectivity index (χ2n) is 7.13. The number of anilines is 1. The van der Waals surface area contributed by atoms with Gasteiger partial charge in [0, 0.05) is 25.7 Å². The molecule has 1 aromatic carbocycles. The molecule has 0 spiro atoms. The number of carbonyl (C=O) groups excluding carboxylic acids is 2. The van der Waals surface area contributed by atoms with Crippen LogP contribution in [0.1, 0.15) is 32.2 Å². The molecule has 4 rings (SSSR count). The summed E-state index contributed by atoms with van der Waals surface area (Å²) in [4.78, 5) is 33.1. The number of aryl methyl sites for hydroxylation is 1. The van der Waals surface area contributed by atoms with Crippen molar-refractivity contribution < 1.29 is 27.3 Å². The van der Waals surface area contributed by atoms with Crippen LogP contribution in [0.15, 0.2) is 41.1 Å². The highest BCUT2D eigenvalue weighted by Gasteiger charge is 2.33. The van der Waals surface area contributed by atoms with Gasteiger partial charge in [-0.1, -0.05) is 28.6 Å². The summed E-state index contributed by atoms with van der Waals surface area (Å²) in [6.07, 6.45) is -2.99. The molecule has 3 heterocycles. The summed E-state index contributed by atoms with van der Waals surface area (Å²) in [5, 5.41) is 6.85. The van der Waals surface area contributed by atoms with Crippen molar-refractivity contribution in [3.63, 3.8) is 0 Å². The lowest BCUT2D eigenvalue weighted by molar-refractivity contribution is -0.137. The number of rotatable bonds is 6. The standard InChI is InChI=1S/C20H18F3N5O3S/c1-12-16(17(29)24-10-15-6-9-31-26-15)32-18(25-12)28-8-7-27(19(28)30)11-13-2-4-14(5-3-13)20(21,22)23/h2-6,9H,7-8,10-11H2,1H3,(H,24,29). The third-order valence-electron chi connectivity index (χ3n) is 4.89. The van der Waals surface area contributed by atoms with Crippen LogP contribution in [-0.4, -0.2) is 40.1 Å². The summed E-state index contributed by atoms with van der Waals surface area (Å²) in [6.45, 7) is 2.83. The molecule has 0 saturated carbocycles. The molecule has 2 aromatic heterocycles. The molecule has 0 atom stereocenters. The predicted octanol–water partition coefficient (Wildman–Crippen LogP) is 3.83. The molecular weight excluding hydrogens is 447 g/mol. The predicted molar refractivity (Wildman–Crippen MR) is 109 cm³/mol.